The minimum Gasteiger partial charge on any atom is -0.463 e. The predicted molar refractivity (Wildman–Crippen MR) is 77.1 cm³/mol. The number of aryl methyl sites for hydroxylation is 1. The first-order valence-corrected chi connectivity index (χ1v) is 7.04. The van der Waals surface area contributed by atoms with Gasteiger partial charge in [0.05, 0.1) is 6.61 Å². The second-order valence-electron chi connectivity index (χ2n) is 4.64. The van der Waals surface area contributed by atoms with Crippen LogP contribution >= 0.6 is 11.6 Å². The summed E-state index contributed by atoms with van der Waals surface area (Å²) in [5.74, 6) is -2.68. The fourth-order valence-electron chi connectivity index (χ4n) is 1.85. The van der Waals surface area contributed by atoms with E-state index in [1.165, 1.54) is 13.8 Å². The molecule has 0 fully saturated rings. The van der Waals surface area contributed by atoms with Crippen LogP contribution in [0.1, 0.15) is 18.1 Å². The number of hydrogen-bond donors (Lipinski definition) is 2. The SMILES string of the molecule is CCOC(=O)[C@](O)(c1ccc(NC(=O)CCl)c(C)c1)C(F)(F)F. The zero-order valence-corrected chi connectivity index (χ0v) is 13.1. The largest absolute Gasteiger partial charge is 0.463 e. The van der Waals surface area contributed by atoms with Gasteiger partial charge >= 0.3 is 12.1 Å². The molecule has 0 aliphatic heterocycles. The van der Waals surface area contributed by atoms with Crippen molar-refractivity contribution in [1.29, 1.82) is 0 Å². The minimum atomic E-state index is -5.27. The molecule has 0 aliphatic carbocycles. The van der Waals surface area contributed by atoms with E-state index in [0.29, 0.717) is 0 Å². The minimum absolute atomic E-state index is 0.216. The van der Waals surface area contributed by atoms with Crippen LogP contribution in [0.15, 0.2) is 18.2 Å². The first-order chi connectivity index (χ1) is 10.6. The Morgan fingerprint density at radius 1 is 1.35 bits per heavy atom. The van der Waals surface area contributed by atoms with Crippen LogP contribution in [0, 0.1) is 6.92 Å². The number of ether oxygens (including phenoxy) is 1. The van der Waals surface area contributed by atoms with Crippen LogP contribution in [-0.2, 0) is 19.9 Å². The highest BCUT2D eigenvalue weighted by Crippen LogP contribution is 2.41. The van der Waals surface area contributed by atoms with Crippen molar-refractivity contribution in [1.82, 2.24) is 0 Å². The molecule has 0 bridgehead atoms. The first-order valence-electron chi connectivity index (χ1n) is 6.51. The van der Waals surface area contributed by atoms with Gasteiger partial charge in [0, 0.05) is 11.3 Å². The molecular weight excluding hydrogens is 339 g/mol. The summed E-state index contributed by atoms with van der Waals surface area (Å²) < 4.78 is 44.0. The number of benzene rings is 1. The van der Waals surface area contributed by atoms with Crippen LogP contribution in [0.25, 0.3) is 0 Å². The molecule has 0 aliphatic rings. The molecule has 1 amide bonds. The molecule has 0 saturated heterocycles. The van der Waals surface area contributed by atoms with Crippen molar-refractivity contribution in [3.05, 3.63) is 29.3 Å². The topological polar surface area (TPSA) is 75.6 Å². The first kappa shape index (κ1) is 19.2. The third-order valence-electron chi connectivity index (χ3n) is 3.02. The number of nitrogens with one attached hydrogen (secondary N) is 1. The van der Waals surface area contributed by atoms with E-state index < -0.39 is 29.2 Å². The van der Waals surface area contributed by atoms with E-state index in [1.807, 2.05) is 0 Å². The highest BCUT2D eigenvalue weighted by molar-refractivity contribution is 6.29. The Bertz CT molecular complexity index is 606. The van der Waals surface area contributed by atoms with Crippen LogP contribution in [0.2, 0.25) is 0 Å². The molecule has 1 rings (SSSR count). The molecule has 5 nitrogen and oxygen atoms in total. The van der Waals surface area contributed by atoms with Crippen LogP contribution in [0.4, 0.5) is 18.9 Å². The Morgan fingerprint density at radius 2 is 1.96 bits per heavy atom. The molecule has 0 unspecified atom stereocenters. The number of carbonyl (C=O) groups excluding carboxylic acids is 2. The van der Waals surface area contributed by atoms with E-state index in [9.17, 15) is 27.9 Å². The Balaban J connectivity index is 3.32. The summed E-state index contributed by atoms with van der Waals surface area (Å²) in [6.45, 7) is 2.42. The molecule has 1 atom stereocenters. The van der Waals surface area contributed by atoms with Crippen LogP contribution in [0.5, 0.6) is 0 Å². The molecular formula is C14H15ClF3NO4. The molecule has 0 spiro atoms. The normalized spacial score (nSPS) is 14.0. The molecule has 9 heteroatoms. The number of carbonyl (C=O) groups is 2. The van der Waals surface area contributed by atoms with Crippen molar-refractivity contribution in [2.24, 2.45) is 0 Å². The van der Waals surface area contributed by atoms with Crippen molar-refractivity contribution in [3.63, 3.8) is 0 Å². The van der Waals surface area contributed by atoms with Gasteiger partial charge in [0.2, 0.25) is 5.91 Å². The van der Waals surface area contributed by atoms with Crippen molar-refractivity contribution in [3.8, 4) is 0 Å². The van der Waals surface area contributed by atoms with Crippen molar-refractivity contribution >= 4 is 29.2 Å². The fraction of sp³-hybridized carbons (Fsp3) is 0.429. The summed E-state index contributed by atoms with van der Waals surface area (Å²) in [6, 6.07) is 2.99. The van der Waals surface area contributed by atoms with E-state index in [2.05, 4.69) is 10.1 Å². The average Bonchev–Trinajstić information content (AvgIpc) is 2.47. The highest BCUT2D eigenvalue weighted by atomic mass is 35.5. The smallest absolute Gasteiger partial charge is 0.432 e. The van der Waals surface area contributed by atoms with Crippen LogP contribution in [0.3, 0.4) is 0 Å². The van der Waals surface area contributed by atoms with Gasteiger partial charge in [-0.2, -0.15) is 13.2 Å². The zero-order valence-electron chi connectivity index (χ0n) is 12.3. The van der Waals surface area contributed by atoms with E-state index in [0.717, 1.165) is 18.2 Å². The van der Waals surface area contributed by atoms with Gasteiger partial charge in [-0.25, -0.2) is 4.79 Å². The van der Waals surface area contributed by atoms with Gasteiger partial charge in [0.25, 0.3) is 5.60 Å². The lowest BCUT2D eigenvalue weighted by Crippen LogP contribution is -2.50. The number of esters is 1. The van der Waals surface area contributed by atoms with Gasteiger partial charge in [-0.05, 0) is 25.5 Å². The Kier molecular flexibility index (Phi) is 6.01. The number of aliphatic hydroxyl groups is 1. The molecule has 128 valence electrons. The lowest BCUT2D eigenvalue weighted by Gasteiger charge is -2.29. The van der Waals surface area contributed by atoms with E-state index in [-0.39, 0.29) is 23.7 Å². The monoisotopic (exact) mass is 353 g/mol. The lowest BCUT2D eigenvalue weighted by atomic mass is 9.91. The van der Waals surface area contributed by atoms with Crippen LogP contribution in [-0.4, -0.2) is 35.6 Å². The predicted octanol–water partition coefficient (Wildman–Crippen LogP) is 2.49. The lowest BCUT2D eigenvalue weighted by molar-refractivity contribution is -0.267. The zero-order chi connectivity index (χ0) is 17.8. The van der Waals surface area contributed by atoms with Crippen LogP contribution < -0.4 is 5.32 Å². The maximum Gasteiger partial charge on any atom is 0.432 e. The van der Waals surface area contributed by atoms with Gasteiger partial charge in [0.1, 0.15) is 5.88 Å². The molecule has 0 aromatic heterocycles. The molecule has 2 N–H and O–H groups in total. The molecule has 0 saturated carbocycles. The highest BCUT2D eigenvalue weighted by Gasteiger charge is 2.62. The molecule has 1 aromatic rings. The Hall–Kier alpha value is -1.80. The third-order valence-corrected chi connectivity index (χ3v) is 3.26. The standard InChI is InChI=1S/C14H15ClF3NO4/c1-3-23-12(21)13(22,14(16,17)18)9-4-5-10(8(2)6-9)19-11(20)7-15/h4-6,22H,3,7H2,1-2H3,(H,19,20)/t13-/m1/s1. The maximum atomic E-state index is 13.2. The summed E-state index contributed by atoms with van der Waals surface area (Å²) in [6.07, 6.45) is -5.27. The van der Waals surface area contributed by atoms with E-state index in [1.54, 1.807) is 0 Å². The number of amides is 1. The van der Waals surface area contributed by atoms with Gasteiger partial charge in [-0.3, -0.25) is 4.79 Å². The average molecular weight is 354 g/mol. The quantitative estimate of drug-likeness (QED) is 0.630. The van der Waals surface area contributed by atoms with Gasteiger partial charge < -0.3 is 15.2 Å². The number of anilines is 1. The number of rotatable bonds is 5. The summed E-state index contributed by atoms with van der Waals surface area (Å²) in [5.41, 5.74) is -4.06. The van der Waals surface area contributed by atoms with E-state index in [4.69, 9.17) is 11.6 Å². The Labute approximate surface area is 135 Å². The van der Waals surface area contributed by atoms with E-state index >= 15 is 0 Å². The van der Waals surface area contributed by atoms with Gasteiger partial charge in [0.15, 0.2) is 0 Å². The number of alkyl halides is 4. The molecule has 0 radical (unpaired) electrons. The van der Waals surface area contributed by atoms with Crippen molar-refractivity contribution in [2.75, 3.05) is 17.8 Å². The number of hydrogen-bond acceptors (Lipinski definition) is 4. The third kappa shape index (κ3) is 3.94. The summed E-state index contributed by atoms with van der Waals surface area (Å²) in [5, 5.41) is 12.3. The summed E-state index contributed by atoms with van der Waals surface area (Å²) >= 11 is 5.33. The van der Waals surface area contributed by atoms with Crippen molar-refractivity contribution in [2.45, 2.75) is 25.6 Å². The molecule has 23 heavy (non-hydrogen) atoms. The second-order valence-corrected chi connectivity index (χ2v) is 4.91. The molecule has 0 heterocycles. The fourth-order valence-corrected chi connectivity index (χ4v) is 1.91. The maximum absolute atomic E-state index is 13.2. The number of halogens is 4. The Morgan fingerprint density at radius 3 is 2.39 bits per heavy atom. The summed E-state index contributed by atoms with van der Waals surface area (Å²) in [7, 11) is 0. The summed E-state index contributed by atoms with van der Waals surface area (Å²) in [4.78, 5) is 22.9. The van der Waals surface area contributed by atoms with Gasteiger partial charge in [-0.1, -0.05) is 12.1 Å². The van der Waals surface area contributed by atoms with Crippen molar-refractivity contribution < 1.29 is 32.6 Å². The second kappa shape index (κ2) is 7.18. The van der Waals surface area contributed by atoms with Gasteiger partial charge in [-0.15, -0.1) is 11.6 Å². The molecule has 1 aromatic carbocycles.